The van der Waals surface area contributed by atoms with E-state index in [2.05, 4.69) is 22.0 Å². The number of aryl methyl sites for hydroxylation is 1. The van der Waals surface area contributed by atoms with Crippen LogP contribution >= 0.6 is 0 Å². The molecule has 2 aromatic carbocycles. The predicted octanol–water partition coefficient (Wildman–Crippen LogP) is 2.36. The summed E-state index contributed by atoms with van der Waals surface area (Å²) in [4.78, 5) is 35.3. The summed E-state index contributed by atoms with van der Waals surface area (Å²) >= 11 is 0. The lowest BCUT2D eigenvalue weighted by molar-refractivity contribution is 0.0598. The lowest BCUT2D eigenvalue weighted by Crippen LogP contribution is -2.36. The van der Waals surface area contributed by atoms with Crippen molar-refractivity contribution in [2.45, 2.75) is 26.0 Å². The lowest BCUT2D eigenvalue weighted by Gasteiger charge is -2.25. The SMILES string of the molecule is CCc1ccc(C(O)CN(Cc2ccccc2)C(=O)c2cc(=O)n3[nH]cnc3n2)cc1. The van der Waals surface area contributed by atoms with Crippen molar-refractivity contribution in [2.24, 2.45) is 0 Å². The molecule has 158 valence electrons. The highest BCUT2D eigenvalue weighted by atomic mass is 16.3. The molecule has 0 fully saturated rings. The van der Waals surface area contributed by atoms with Gasteiger partial charge in [0.2, 0.25) is 0 Å². The van der Waals surface area contributed by atoms with Gasteiger partial charge >= 0.3 is 0 Å². The second kappa shape index (κ2) is 8.93. The van der Waals surface area contributed by atoms with Crippen LogP contribution in [0.5, 0.6) is 0 Å². The molecule has 0 bridgehead atoms. The molecule has 4 aromatic rings. The van der Waals surface area contributed by atoms with Gasteiger partial charge in [-0.3, -0.25) is 14.7 Å². The molecule has 8 nitrogen and oxygen atoms in total. The summed E-state index contributed by atoms with van der Waals surface area (Å²) < 4.78 is 1.16. The van der Waals surface area contributed by atoms with Crippen LogP contribution in [-0.2, 0) is 13.0 Å². The third-order valence-corrected chi connectivity index (χ3v) is 5.16. The van der Waals surface area contributed by atoms with Crippen LogP contribution in [0.1, 0.15) is 40.2 Å². The van der Waals surface area contributed by atoms with Crippen molar-refractivity contribution in [2.75, 3.05) is 6.54 Å². The van der Waals surface area contributed by atoms with Crippen LogP contribution in [0.4, 0.5) is 0 Å². The zero-order valence-electron chi connectivity index (χ0n) is 17.1. The molecule has 0 aliphatic heterocycles. The number of carbonyl (C=O) groups is 1. The topological polar surface area (TPSA) is 104 Å². The largest absolute Gasteiger partial charge is 0.387 e. The Morgan fingerprint density at radius 2 is 1.87 bits per heavy atom. The summed E-state index contributed by atoms with van der Waals surface area (Å²) in [5.41, 5.74) is 2.36. The van der Waals surface area contributed by atoms with Crippen LogP contribution in [0.3, 0.4) is 0 Å². The fourth-order valence-electron chi connectivity index (χ4n) is 3.41. The summed E-state index contributed by atoms with van der Waals surface area (Å²) in [5, 5.41) is 13.5. The summed E-state index contributed by atoms with van der Waals surface area (Å²) in [6.45, 7) is 2.39. The maximum absolute atomic E-state index is 13.3. The number of fused-ring (bicyclic) bond motifs is 1. The minimum atomic E-state index is -0.881. The van der Waals surface area contributed by atoms with Crippen molar-refractivity contribution >= 4 is 11.7 Å². The van der Waals surface area contributed by atoms with E-state index in [1.54, 1.807) is 0 Å². The van der Waals surface area contributed by atoms with Crippen LogP contribution in [-0.4, -0.2) is 42.0 Å². The second-order valence-corrected chi connectivity index (χ2v) is 7.28. The van der Waals surface area contributed by atoms with E-state index >= 15 is 0 Å². The molecule has 0 saturated heterocycles. The van der Waals surface area contributed by atoms with E-state index < -0.39 is 17.6 Å². The number of aliphatic hydroxyl groups is 1. The molecule has 0 radical (unpaired) electrons. The van der Waals surface area contributed by atoms with E-state index in [0.29, 0.717) is 0 Å². The van der Waals surface area contributed by atoms with E-state index in [1.807, 2.05) is 54.6 Å². The maximum atomic E-state index is 13.3. The number of rotatable bonds is 7. The van der Waals surface area contributed by atoms with Gasteiger partial charge in [-0.1, -0.05) is 61.5 Å². The van der Waals surface area contributed by atoms with Gasteiger partial charge in [-0.25, -0.2) is 9.97 Å². The summed E-state index contributed by atoms with van der Waals surface area (Å²) in [7, 11) is 0. The van der Waals surface area contributed by atoms with E-state index in [0.717, 1.165) is 22.1 Å². The number of aromatic nitrogens is 4. The highest BCUT2D eigenvalue weighted by Gasteiger charge is 2.23. The number of nitrogens with zero attached hydrogens (tertiary/aromatic N) is 4. The Morgan fingerprint density at radius 3 is 2.58 bits per heavy atom. The van der Waals surface area contributed by atoms with Crippen molar-refractivity contribution in [3.8, 4) is 0 Å². The molecule has 1 atom stereocenters. The Balaban J connectivity index is 1.63. The number of carbonyl (C=O) groups excluding carboxylic acids is 1. The van der Waals surface area contributed by atoms with Crippen LogP contribution < -0.4 is 5.56 Å². The second-order valence-electron chi connectivity index (χ2n) is 7.28. The highest BCUT2D eigenvalue weighted by Crippen LogP contribution is 2.18. The molecule has 1 amide bonds. The first kappa shape index (κ1) is 20.5. The average molecular weight is 417 g/mol. The van der Waals surface area contributed by atoms with Crippen molar-refractivity contribution in [3.63, 3.8) is 0 Å². The van der Waals surface area contributed by atoms with Gasteiger partial charge in [-0.15, -0.1) is 0 Å². The van der Waals surface area contributed by atoms with Crippen molar-refractivity contribution in [1.29, 1.82) is 0 Å². The fraction of sp³-hybridized carbons (Fsp3) is 0.217. The molecule has 0 aliphatic rings. The van der Waals surface area contributed by atoms with Gasteiger partial charge in [-0.05, 0) is 23.1 Å². The van der Waals surface area contributed by atoms with Crippen molar-refractivity contribution < 1.29 is 9.90 Å². The zero-order valence-corrected chi connectivity index (χ0v) is 17.1. The van der Waals surface area contributed by atoms with Gasteiger partial charge in [0.1, 0.15) is 12.0 Å². The Morgan fingerprint density at radius 1 is 1.13 bits per heavy atom. The first-order chi connectivity index (χ1) is 15.0. The first-order valence-electron chi connectivity index (χ1n) is 10.1. The zero-order chi connectivity index (χ0) is 21.8. The number of nitrogens with one attached hydrogen (secondary N) is 1. The van der Waals surface area contributed by atoms with E-state index in [-0.39, 0.29) is 24.6 Å². The van der Waals surface area contributed by atoms with Crippen LogP contribution in [0.15, 0.2) is 71.8 Å². The minimum Gasteiger partial charge on any atom is -0.387 e. The number of H-pyrrole nitrogens is 1. The Kier molecular flexibility index (Phi) is 5.90. The minimum absolute atomic E-state index is 0.0124. The molecule has 31 heavy (non-hydrogen) atoms. The number of amides is 1. The maximum Gasteiger partial charge on any atom is 0.274 e. The van der Waals surface area contributed by atoms with E-state index in [4.69, 9.17) is 0 Å². The Hall–Kier alpha value is -3.78. The van der Waals surface area contributed by atoms with Gasteiger partial charge in [0, 0.05) is 12.6 Å². The highest BCUT2D eigenvalue weighted by molar-refractivity contribution is 5.92. The number of hydrogen-bond acceptors (Lipinski definition) is 5. The Bertz CT molecular complexity index is 1230. The monoisotopic (exact) mass is 417 g/mol. The molecule has 8 heteroatoms. The van der Waals surface area contributed by atoms with Gasteiger partial charge < -0.3 is 10.0 Å². The van der Waals surface area contributed by atoms with Crippen molar-refractivity contribution in [3.05, 3.63) is 99.7 Å². The van der Waals surface area contributed by atoms with Crippen LogP contribution in [0.25, 0.3) is 5.78 Å². The summed E-state index contributed by atoms with van der Waals surface area (Å²) in [6, 6.07) is 18.3. The summed E-state index contributed by atoms with van der Waals surface area (Å²) in [5.74, 6) is -0.332. The molecular formula is C23H23N5O3. The molecule has 0 aliphatic carbocycles. The molecule has 4 rings (SSSR count). The molecule has 1 unspecified atom stereocenters. The van der Waals surface area contributed by atoms with Gasteiger partial charge in [0.25, 0.3) is 17.2 Å². The van der Waals surface area contributed by atoms with E-state index in [9.17, 15) is 14.7 Å². The Labute approximate surface area is 178 Å². The fourth-order valence-corrected chi connectivity index (χ4v) is 3.41. The molecule has 0 saturated carbocycles. The number of aromatic amines is 1. The first-order valence-corrected chi connectivity index (χ1v) is 10.1. The predicted molar refractivity (Wildman–Crippen MR) is 116 cm³/mol. The van der Waals surface area contributed by atoms with Gasteiger partial charge in [0.15, 0.2) is 0 Å². The van der Waals surface area contributed by atoms with Crippen LogP contribution in [0, 0.1) is 0 Å². The van der Waals surface area contributed by atoms with Gasteiger partial charge in [0.05, 0.1) is 12.6 Å². The standard InChI is InChI=1S/C23H23N5O3/c1-2-16-8-10-18(11-9-16)20(29)14-27(13-17-6-4-3-5-7-17)22(31)19-12-21(30)28-23(26-19)24-15-25-28/h3-12,15,20,29H,2,13-14H2,1H3,(H,24,25,26). The number of aliphatic hydroxyl groups excluding tert-OH is 1. The molecule has 2 heterocycles. The normalized spacial score (nSPS) is 12.1. The molecule has 2 N–H and O–H groups in total. The number of hydrogen-bond donors (Lipinski definition) is 2. The average Bonchev–Trinajstić information content (AvgIpc) is 3.28. The van der Waals surface area contributed by atoms with Crippen LogP contribution in [0.2, 0.25) is 0 Å². The molecule has 0 spiro atoms. The third-order valence-electron chi connectivity index (χ3n) is 5.16. The number of benzene rings is 2. The third kappa shape index (κ3) is 4.54. The smallest absolute Gasteiger partial charge is 0.274 e. The molecular weight excluding hydrogens is 394 g/mol. The van der Waals surface area contributed by atoms with Crippen molar-refractivity contribution in [1.82, 2.24) is 24.5 Å². The quantitative estimate of drug-likeness (QED) is 0.480. The molecule has 2 aromatic heterocycles. The lowest BCUT2D eigenvalue weighted by atomic mass is 10.0. The van der Waals surface area contributed by atoms with E-state index in [1.165, 1.54) is 22.9 Å². The van der Waals surface area contributed by atoms with Gasteiger partial charge in [-0.2, -0.15) is 4.52 Å². The summed E-state index contributed by atoms with van der Waals surface area (Å²) in [6.07, 6.45) is 1.36.